The van der Waals surface area contributed by atoms with E-state index in [0.29, 0.717) is 0 Å². The fourth-order valence-electron chi connectivity index (χ4n) is 0.995. The van der Waals surface area contributed by atoms with E-state index in [9.17, 15) is 0 Å². The number of aliphatic hydroxyl groups is 1. The minimum atomic E-state index is 0.0536. The highest BCUT2D eigenvalue weighted by atomic mass is 32.1. The van der Waals surface area contributed by atoms with Gasteiger partial charge >= 0.3 is 0 Å². The van der Waals surface area contributed by atoms with Gasteiger partial charge in [-0.3, -0.25) is 0 Å². The van der Waals surface area contributed by atoms with Gasteiger partial charge in [0.1, 0.15) is 0 Å². The molecule has 0 aliphatic carbocycles. The molecule has 0 atom stereocenters. The molecule has 1 heterocycles. The van der Waals surface area contributed by atoms with Crippen molar-refractivity contribution in [2.75, 3.05) is 0 Å². The summed E-state index contributed by atoms with van der Waals surface area (Å²) in [5.74, 6) is 0. The van der Waals surface area contributed by atoms with Gasteiger partial charge < -0.3 is 5.11 Å². The molecule has 0 amide bonds. The van der Waals surface area contributed by atoms with Crippen molar-refractivity contribution in [1.82, 2.24) is 4.98 Å². The van der Waals surface area contributed by atoms with E-state index < -0.39 is 0 Å². The summed E-state index contributed by atoms with van der Waals surface area (Å²) in [5.41, 5.74) is 2.86. The summed E-state index contributed by atoms with van der Waals surface area (Å²) in [7, 11) is 0. The highest BCUT2D eigenvalue weighted by Crippen LogP contribution is 2.26. The van der Waals surface area contributed by atoms with Crippen molar-refractivity contribution in [2.24, 2.45) is 0 Å². The van der Waals surface area contributed by atoms with Gasteiger partial charge in [0.2, 0.25) is 0 Å². The molecule has 0 saturated carbocycles. The van der Waals surface area contributed by atoms with E-state index in [-0.39, 0.29) is 12.0 Å². The van der Waals surface area contributed by atoms with Crippen LogP contribution in [0.1, 0.15) is 31.3 Å². The Kier molecular flexibility index (Phi) is 2.30. The molecule has 0 bridgehead atoms. The largest absolute Gasteiger partial charge is 0.391 e. The molecular formula is C8H13NOS. The number of nitrogens with zero attached hydrogens (tertiary/aromatic N) is 1. The summed E-state index contributed by atoms with van der Waals surface area (Å²) in [6, 6.07) is 0. The monoisotopic (exact) mass is 171 g/mol. The Bertz CT molecular complexity index is 236. The Morgan fingerprint density at radius 3 is 2.55 bits per heavy atom. The van der Waals surface area contributed by atoms with Crippen LogP contribution in [-0.4, -0.2) is 10.1 Å². The summed E-state index contributed by atoms with van der Waals surface area (Å²) < 4.78 is 0. The zero-order valence-corrected chi connectivity index (χ0v) is 7.90. The number of aliphatic hydroxyl groups excluding tert-OH is 1. The molecule has 0 spiro atoms. The second-order valence-electron chi connectivity index (χ2n) is 3.53. The number of rotatable bonds is 1. The molecule has 62 valence electrons. The summed E-state index contributed by atoms with van der Waals surface area (Å²) in [6.45, 7) is 6.40. The number of hydrogen-bond acceptors (Lipinski definition) is 3. The lowest BCUT2D eigenvalue weighted by molar-refractivity contribution is 0.282. The van der Waals surface area contributed by atoms with Crippen LogP contribution in [-0.2, 0) is 12.0 Å². The van der Waals surface area contributed by atoms with E-state index in [0.717, 1.165) is 10.6 Å². The molecule has 0 radical (unpaired) electrons. The van der Waals surface area contributed by atoms with Gasteiger partial charge in [0.25, 0.3) is 0 Å². The fraction of sp³-hybridized carbons (Fsp3) is 0.625. The van der Waals surface area contributed by atoms with Gasteiger partial charge in [-0.15, -0.1) is 11.3 Å². The smallest absolute Gasteiger partial charge is 0.0798 e. The Labute approximate surface area is 70.9 Å². The third kappa shape index (κ3) is 1.79. The maximum Gasteiger partial charge on any atom is 0.0798 e. The predicted octanol–water partition coefficient (Wildman–Crippen LogP) is 1.93. The van der Waals surface area contributed by atoms with E-state index in [2.05, 4.69) is 25.8 Å². The van der Waals surface area contributed by atoms with Crippen LogP contribution in [0.15, 0.2) is 5.51 Å². The Morgan fingerprint density at radius 2 is 2.18 bits per heavy atom. The lowest BCUT2D eigenvalue weighted by atomic mass is 9.91. The second kappa shape index (κ2) is 2.91. The maximum absolute atomic E-state index is 8.94. The van der Waals surface area contributed by atoms with Crippen LogP contribution < -0.4 is 0 Å². The standard InChI is InChI=1S/C8H13NOS/c1-8(2,3)7-6(4-10)11-5-9-7/h5,10H,4H2,1-3H3. The Hall–Kier alpha value is -0.410. The topological polar surface area (TPSA) is 33.1 Å². The fourth-order valence-corrected chi connectivity index (χ4v) is 1.82. The van der Waals surface area contributed by atoms with Crippen molar-refractivity contribution in [3.8, 4) is 0 Å². The van der Waals surface area contributed by atoms with Gasteiger partial charge in [-0.25, -0.2) is 4.98 Å². The number of thiazole rings is 1. The molecule has 2 nitrogen and oxygen atoms in total. The van der Waals surface area contributed by atoms with Crippen molar-refractivity contribution in [1.29, 1.82) is 0 Å². The molecule has 1 aromatic heterocycles. The van der Waals surface area contributed by atoms with Gasteiger partial charge in [-0.1, -0.05) is 20.8 Å². The molecule has 0 unspecified atom stereocenters. The van der Waals surface area contributed by atoms with E-state index >= 15 is 0 Å². The van der Waals surface area contributed by atoms with E-state index in [1.54, 1.807) is 5.51 Å². The number of aromatic nitrogens is 1. The predicted molar refractivity (Wildman–Crippen MR) is 46.7 cm³/mol. The lowest BCUT2D eigenvalue weighted by Gasteiger charge is -2.16. The van der Waals surface area contributed by atoms with Crippen LogP contribution in [0.3, 0.4) is 0 Å². The van der Waals surface area contributed by atoms with Crippen LogP contribution in [0.5, 0.6) is 0 Å². The molecule has 1 rings (SSSR count). The number of hydrogen-bond donors (Lipinski definition) is 1. The van der Waals surface area contributed by atoms with Crippen molar-refractivity contribution in [3.05, 3.63) is 16.1 Å². The minimum absolute atomic E-state index is 0.0536. The molecule has 11 heavy (non-hydrogen) atoms. The van der Waals surface area contributed by atoms with Crippen molar-refractivity contribution in [2.45, 2.75) is 32.8 Å². The minimum Gasteiger partial charge on any atom is -0.391 e. The van der Waals surface area contributed by atoms with E-state index in [4.69, 9.17) is 5.11 Å². The summed E-state index contributed by atoms with van der Waals surface area (Å²) in [6.07, 6.45) is 0. The van der Waals surface area contributed by atoms with Crippen LogP contribution in [0, 0.1) is 0 Å². The zero-order valence-electron chi connectivity index (χ0n) is 7.09. The molecule has 0 fully saturated rings. The first-order valence-corrected chi connectivity index (χ1v) is 4.47. The second-order valence-corrected chi connectivity index (χ2v) is 4.47. The molecule has 3 heteroatoms. The molecule has 1 aromatic rings. The van der Waals surface area contributed by atoms with Gasteiger partial charge in [0, 0.05) is 5.41 Å². The molecule has 0 aliphatic rings. The average molecular weight is 171 g/mol. The maximum atomic E-state index is 8.94. The molecule has 0 aliphatic heterocycles. The van der Waals surface area contributed by atoms with Crippen LogP contribution >= 0.6 is 11.3 Å². The third-order valence-electron chi connectivity index (χ3n) is 1.49. The van der Waals surface area contributed by atoms with Crippen molar-refractivity contribution < 1.29 is 5.11 Å². The third-order valence-corrected chi connectivity index (χ3v) is 2.31. The van der Waals surface area contributed by atoms with E-state index in [1.165, 1.54) is 11.3 Å². The normalized spacial score (nSPS) is 12.0. The first-order valence-electron chi connectivity index (χ1n) is 3.59. The van der Waals surface area contributed by atoms with Gasteiger partial charge in [0.05, 0.1) is 22.7 Å². The molecule has 0 saturated heterocycles. The zero-order chi connectivity index (χ0) is 8.48. The molecule has 0 aromatic carbocycles. The van der Waals surface area contributed by atoms with Crippen LogP contribution in [0.25, 0.3) is 0 Å². The Balaban J connectivity index is 3.02. The Morgan fingerprint density at radius 1 is 1.55 bits per heavy atom. The van der Waals surface area contributed by atoms with Gasteiger partial charge in [0.15, 0.2) is 0 Å². The average Bonchev–Trinajstić information content (AvgIpc) is 2.31. The SMILES string of the molecule is CC(C)(C)c1ncsc1CO. The van der Waals surface area contributed by atoms with E-state index in [1.807, 2.05) is 0 Å². The highest BCUT2D eigenvalue weighted by molar-refractivity contribution is 7.09. The van der Waals surface area contributed by atoms with Gasteiger partial charge in [-0.05, 0) is 0 Å². The first kappa shape index (κ1) is 8.68. The van der Waals surface area contributed by atoms with Crippen LogP contribution in [0.2, 0.25) is 0 Å². The molecule has 1 N–H and O–H groups in total. The first-order chi connectivity index (χ1) is 5.05. The summed E-state index contributed by atoms with van der Waals surface area (Å²) in [4.78, 5) is 5.20. The van der Waals surface area contributed by atoms with Crippen LogP contribution in [0.4, 0.5) is 0 Å². The summed E-state index contributed by atoms with van der Waals surface area (Å²) >= 11 is 1.52. The molecular weight excluding hydrogens is 158 g/mol. The summed E-state index contributed by atoms with van der Waals surface area (Å²) in [5, 5.41) is 8.94. The highest BCUT2D eigenvalue weighted by Gasteiger charge is 2.19. The lowest BCUT2D eigenvalue weighted by Crippen LogP contribution is -2.13. The van der Waals surface area contributed by atoms with Crippen molar-refractivity contribution >= 4 is 11.3 Å². The van der Waals surface area contributed by atoms with Crippen molar-refractivity contribution in [3.63, 3.8) is 0 Å². The van der Waals surface area contributed by atoms with Gasteiger partial charge in [-0.2, -0.15) is 0 Å². The quantitative estimate of drug-likeness (QED) is 0.700.